The molecule has 0 unspecified atom stereocenters. The number of urea groups is 1. The summed E-state index contributed by atoms with van der Waals surface area (Å²) in [5.41, 5.74) is 6.82. The van der Waals surface area contributed by atoms with Gasteiger partial charge >= 0.3 is 12.2 Å². The average Bonchev–Trinajstić information content (AvgIpc) is 2.82. The topological polar surface area (TPSA) is 87.4 Å². The number of aromatic nitrogens is 2. The normalized spacial score (nSPS) is 20.1. The van der Waals surface area contributed by atoms with E-state index in [0.29, 0.717) is 5.95 Å². The fraction of sp³-hybridized carbons (Fsp3) is 0.560. The number of carbonyl (C=O) groups excluding carboxylic acids is 1. The molecule has 0 saturated heterocycles. The molecule has 0 atom stereocenters. The van der Waals surface area contributed by atoms with Gasteiger partial charge in [-0.05, 0) is 69.4 Å². The van der Waals surface area contributed by atoms with Crippen LogP contribution in [0.5, 0.6) is 0 Å². The van der Waals surface area contributed by atoms with Crippen LogP contribution in [0.3, 0.4) is 0 Å². The van der Waals surface area contributed by atoms with E-state index in [1.54, 1.807) is 0 Å². The molecule has 190 valence electrons. The molecule has 3 N–H and O–H groups in total. The van der Waals surface area contributed by atoms with Crippen molar-refractivity contribution in [1.82, 2.24) is 9.97 Å². The zero-order valence-electron chi connectivity index (χ0n) is 20.2. The van der Waals surface area contributed by atoms with Gasteiger partial charge in [-0.25, -0.2) is 9.78 Å². The van der Waals surface area contributed by atoms with Gasteiger partial charge in [0.15, 0.2) is 0 Å². The predicted octanol–water partition coefficient (Wildman–Crippen LogP) is 5.00. The zero-order chi connectivity index (χ0) is 25.2. The highest BCUT2D eigenvalue weighted by Crippen LogP contribution is 2.38. The van der Waals surface area contributed by atoms with Crippen molar-refractivity contribution in [2.24, 2.45) is 11.7 Å². The van der Waals surface area contributed by atoms with Crippen LogP contribution in [0.25, 0.3) is 0 Å². The van der Waals surface area contributed by atoms with Crippen LogP contribution in [0.2, 0.25) is 0 Å². The Hall–Kier alpha value is -3.04. The number of anilines is 3. The highest BCUT2D eigenvalue weighted by molar-refractivity contribution is 5.91. The third-order valence-electron chi connectivity index (χ3n) is 6.97. The van der Waals surface area contributed by atoms with Crippen LogP contribution in [0.4, 0.5) is 35.4 Å². The van der Waals surface area contributed by atoms with E-state index in [4.69, 9.17) is 15.7 Å². The number of rotatable bonds is 6. The van der Waals surface area contributed by atoms with Gasteiger partial charge in [0.1, 0.15) is 5.82 Å². The van der Waals surface area contributed by atoms with Crippen molar-refractivity contribution >= 4 is 23.5 Å². The van der Waals surface area contributed by atoms with Gasteiger partial charge in [0.05, 0.1) is 16.9 Å². The first kappa shape index (κ1) is 25.1. The molecule has 0 spiro atoms. The highest BCUT2D eigenvalue weighted by Gasteiger charge is 2.36. The van der Waals surface area contributed by atoms with Crippen molar-refractivity contribution in [3.8, 4) is 0 Å². The number of para-hydroxylation sites is 1. The van der Waals surface area contributed by atoms with Crippen LogP contribution in [0.1, 0.15) is 55.3 Å². The molecule has 2 aliphatic carbocycles. The second kappa shape index (κ2) is 10.3. The lowest BCUT2D eigenvalue weighted by Gasteiger charge is -2.33. The molecule has 35 heavy (non-hydrogen) atoms. The van der Waals surface area contributed by atoms with Crippen LogP contribution in [-0.2, 0) is 19.0 Å². The Labute approximate surface area is 203 Å². The number of halogens is 3. The van der Waals surface area contributed by atoms with Gasteiger partial charge in [0, 0.05) is 32.2 Å². The zero-order valence-corrected chi connectivity index (χ0v) is 20.2. The molecule has 2 aromatic rings. The van der Waals surface area contributed by atoms with Crippen molar-refractivity contribution in [3.63, 3.8) is 0 Å². The van der Waals surface area contributed by atoms with Gasteiger partial charge in [0.2, 0.25) is 5.95 Å². The molecule has 4 rings (SSSR count). The Morgan fingerprint density at radius 3 is 2.43 bits per heavy atom. The summed E-state index contributed by atoms with van der Waals surface area (Å²) in [7, 11) is 3.99. The summed E-state index contributed by atoms with van der Waals surface area (Å²) in [5, 5.41) is 3.48. The first-order valence-electron chi connectivity index (χ1n) is 12.2. The molecule has 10 heteroatoms. The molecule has 0 aliphatic heterocycles. The Morgan fingerprint density at radius 2 is 1.77 bits per heavy atom. The Morgan fingerprint density at radius 1 is 1.09 bits per heavy atom. The molecule has 1 aromatic heterocycles. The molecular formula is C25H33F3N6O. The van der Waals surface area contributed by atoms with Crippen LogP contribution >= 0.6 is 0 Å². The Kier molecular flexibility index (Phi) is 7.37. The van der Waals surface area contributed by atoms with E-state index < -0.39 is 17.8 Å². The molecule has 1 fully saturated rings. The molecule has 2 aliphatic rings. The van der Waals surface area contributed by atoms with E-state index in [2.05, 4.69) is 5.32 Å². The number of hydrogen-bond donors (Lipinski definition) is 2. The van der Waals surface area contributed by atoms with Crippen molar-refractivity contribution < 1.29 is 18.0 Å². The maximum absolute atomic E-state index is 13.5. The van der Waals surface area contributed by atoms with Crippen LogP contribution in [0, 0.1) is 5.92 Å². The number of amides is 2. The number of carbonyl (C=O) groups is 1. The maximum atomic E-state index is 13.5. The summed E-state index contributed by atoms with van der Waals surface area (Å²) >= 11 is 0. The first-order chi connectivity index (χ1) is 16.6. The molecule has 2 amide bonds. The second-order valence-corrected chi connectivity index (χ2v) is 9.72. The quantitative estimate of drug-likeness (QED) is 0.595. The monoisotopic (exact) mass is 490 g/mol. The van der Waals surface area contributed by atoms with E-state index in [1.807, 2.05) is 19.0 Å². The summed E-state index contributed by atoms with van der Waals surface area (Å²) in [4.78, 5) is 24.8. The van der Waals surface area contributed by atoms with E-state index in [-0.39, 0.29) is 24.2 Å². The first-order valence-corrected chi connectivity index (χ1v) is 12.2. The van der Waals surface area contributed by atoms with Crippen molar-refractivity contribution in [2.75, 3.05) is 35.8 Å². The van der Waals surface area contributed by atoms with Crippen LogP contribution in [0.15, 0.2) is 24.3 Å². The lowest BCUT2D eigenvalue weighted by atomic mass is 9.85. The fourth-order valence-corrected chi connectivity index (χ4v) is 5.19. The summed E-state index contributed by atoms with van der Waals surface area (Å²) in [6.45, 7) is 0.162. The van der Waals surface area contributed by atoms with Crippen molar-refractivity contribution in [3.05, 3.63) is 41.1 Å². The standard InChI is InChI=1S/C25H33F3N6O/c1-33(2)22-18-7-3-5-9-20(18)31-24(32-22)30-17-13-11-16(12-14-17)15-34(23(29)35)21-10-6-4-8-19(21)25(26,27)28/h4,6,8,10,16-17H,3,5,7,9,11-15H2,1-2H3,(H2,29,35)(H,30,31,32). The second-order valence-electron chi connectivity index (χ2n) is 9.72. The lowest BCUT2D eigenvalue weighted by Crippen LogP contribution is -2.42. The largest absolute Gasteiger partial charge is 0.418 e. The van der Waals surface area contributed by atoms with Crippen molar-refractivity contribution in [1.29, 1.82) is 0 Å². The number of nitrogens with one attached hydrogen (secondary N) is 1. The van der Waals surface area contributed by atoms with Gasteiger partial charge in [-0.3, -0.25) is 4.90 Å². The minimum absolute atomic E-state index is 0.0589. The molecule has 1 saturated carbocycles. The number of hydrogen-bond acceptors (Lipinski definition) is 5. The molecule has 0 bridgehead atoms. The minimum Gasteiger partial charge on any atom is -0.362 e. The lowest BCUT2D eigenvalue weighted by molar-refractivity contribution is -0.137. The number of alkyl halides is 3. The van der Waals surface area contributed by atoms with Gasteiger partial charge in [-0.2, -0.15) is 18.2 Å². The molecular weight excluding hydrogens is 457 g/mol. The number of aryl methyl sites for hydroxylation is 1. The van der Waals surface area contributed by atoms with Gasteiger partial charge in [0.25, 0.3) is 0 Å². The van der Waals surface area contributed by atoms with E-state index in [9.17, 15) is 18.0 Å². The molecule has 0 radical (unpaired) electrons. The molecule has 1 heterocycles. The number of nitrogens with two attached hydrogens (primary N) is 1. The third-order valence-corrected chi connectivity index (χ3v) is 6.97. The summed E-state index contributed by atoms with van der Waals surface area (Å²) in [5.74, 6) is 1.66. The van der Waals surface area contributed by atoms with Gasteiger partial charge in [-0.1, -0.05) is 12.1 Å². The fourth-order valence-electron chi connectivity index (χ4n) is 5.19. The minimum atomic E-state index is -4.56. The molecule has 1 aromatic carbocycles. The predicted molar refractivity (Wildman–Crippen MR) is 131 cm³/mol. The third kappa shape index (κ3) is 5.79. The number of benzene rings is 1. The van der Waals surface area contributed by atoms with E-state index >= 15 is 0 Å². The van der Waals surface area contributed by atoms with Crippen molar-refractivity contribution in [2.45, 2.75) is 63.6 Å². The molecule has 7 nitrogen and oxygen atoms in total. The number of nitrogens with zero attached hydrogens (tertiary/aromatic N) is 4. The van der Waals surface area contributed by atoms with E-state index in [1.165, 1.54) is 23.8 Å². The Balaban J connectivity index is 1.41. The van der Waals surface area contributed by atoms with Crippen LogP contribution < -0.4 is 20.9 Å². The van der Waals surface area contributed by atoms with E-state index in [0.717, 1.165) is 73.8 Å². The smallest absolute Gasteiger partial charge is 0.362 e. The highest BCUT2D eigenvalue weighted by atomic mass is 19.4. The van der Waals surface area contributed by atoms with Crippen LogP contribution in [-0.4, -0.2) is 42.7 Å². The number of fused-ring (bicyclic) bond motifs is 1. The summed E-state index contributed by atoms with van der Waals surface area (Å²) in [6, 6.07) is 4.38. The SMILES string of the molecule is CN(C)c1nc(NC2CCC(CN(C(N)=O)c3ccccc3C(F)(F)F)CC2)nc2c1CCCC2. The maximum Gasteiger partial charge on any atom is 0.418 e. The summed E-state index contributed by atoms with van der Waals surface area (Å²) in [6.07, 6.45) is 2.85. The number of primary amides is 1. The summed E-state index contributed by atoms with van der Waals surface area (Å²) < 4.78 is 40.5. The Bertz CT molecular complexity index is 1050. The van der Waals surface area contributed by atoms with Gasteiger partial charge < -0.3 is 16.0 Å². The van der Waals surface area contributed by atoms with Gasteiger partial charge in [-0.15, -0.1) is 0 Å². The average molecular weight is 491 g/mol.